The molecular weight excluding hydrogens is 344 g/mol. The van der Waals surface area contributed by atoms with Gasteiger partial charge in [-0.2, -0.15) is 0 Å². The molecule has 2 aromatic carbocycles. The molecule has 0 bridgehead atoms. The second-order valence-corrected chi connectivity index (χ2v) is 6.38. The number of thioether (sulfide) groups is 1. The summed E-state index contributed by atoms with van der Waals surface area (Å²) in [4.78, 5) is 0. The summed E-state index contributed by atoms with van der Waals surface area (Å²) in [6.45, 7) is 0. The van der Waals surface area contributed by atoms with Crippen LogP contribution in [0.3, 0.4) is 0 Å². The number of fused-ring (bicyclic) bond motifs is 1. The average Bonchev–Trinajstić information content (AvgIpc) is 3.05. The summed E-state index contributed by atoms with van der Waals surface area (Å²) in [5.41, 5.74) is 6.24. The number of nitrogens with one attached hydrogen (secondary N) is 1. The van der Waals surface area contributed by atoms with Gasteiger partial charge in [-0.3, -0.25) is 5.43 Å². The van der Waals surface area contributed by atoms with Gasteiger partial charge in [0.1, 0.15) is 5.75 Å². The van der Waals surface area contributed by atoms with Gasteiger partial charge in [0, 0.05) is 16.0 Å². The number of methoxy groups -OCH3 is 1. The zero-order chi connectivity index (χ0) is 16.5. The SMILES string of the molecule is COc1ccccc1-c1nnc2n1NC(c1ccc(Cl)cc1)=CS2. The van der Waals surface area contributed by atoms with Crippen molar-refractivity contribution in [3.63, 3.8) is 0 Å². The Morgan fingerprint density at radius 2 is 1.88 bits per heavy atom. The van der Waals surface area contributed by atoms with Crippen molar-refractivity contribution in [2.24, 2.45) is 0 Å². The average molecular weight is 357 g/mol. The van der Waals surface area contributed by atoms with Crippen LogP contribution in [0, 0.1) is 0 Å². The molecular formula is C17H13ClN4OS. The summed E-state index contributed by atoms with van der Waals surface area (Å²) in [5.74, 6) is 1.46. The maximum atomic E-state index is 5.97. The van der Waals surface area contributed by atoms with Crippen LogP contribution in [0.4, 0.5) is 0 Å². The van der Waals surface area contributed by atoms with Gasteiger partial charge in [0.25, 0.3) is 0 Å². The molecule has 1 N–H and O–H groups in total. The molecule has 0 fully saturated rings. The van der Waals surface area contributed by atoms with E-state index in [0.717, 1.165) is 27.7 Å². The van der Waals surface area contributed by atoms with Crippen LogP contribution in [0.5, 0.6) is 5.75 Å². The normalized spacial score (nSPS) is 13.0. The van der Waals surface area contributed by atoms with Gasteiger partial charge in [0.2, 0.25) is 5.16 Å². The molecule has 1 aromatic heterocycles. The highest BCUT2D eigenvalue weighted by molar-refractivity contribution is 8.02. The van der Waals surface area contributed by atoms with Crippen LogP contribution in [0.1, 0.15) is 5.56 Å². The van der Waals surface area contributed by atoms with Crippen LogP contribution in [0.2, 0.25) is 5.02 Å². The van der Waals surface area contributed by atoms with Crippen LogP contribution < -0.4 is 10.2 Å². The van der Waals surface area contributed by atoms with Crippen molar-refractivity contribution < 1.29 is 4.74 Å². The van der Waals surface area contributed by atoms with Crippen molar-refractivity contribution in [2.45, 2.75) is 5.16 Å². The van der Waals surface area contributed by atoms with E-state index < -0.39 is 0 Å². The highest BCUT2D eigenvalue weighted by Crippen LogP contribution is 2.34. The quantitative estimate of drug-likeness (QED) is 0.760. The van der Waals surface area contributed by atoms with Gasteiger partial charge in [-0.15, -0.1) is 10.2 Å². The molecule has 0 amide bonds. The molecule has 120 valence electrons. The Labute approximate surface area is 148 Å². The Balaban J connectivity index is 1.73. The summed E-state index contributed by atoms with van der Waals surface area (Å²) >= 11 is 7.48. The van der Waals surface area contributed by atoms with Crippen LogP contribution in [0.15, 0.2) is 59.1 Å². The second kappa shape index (κ2) is 6.22. The van der Waals surface area contributed by atoms with Crippen LogP contribution in [0.25, 0.3) is 17.1 Å². The Bertz CT molecular complexity index is 921. The lowest BCUT2D eigenvalue weighted by atomic mass is 10.2. The van der Waals surface area contributed by atoms with Gasteiger partial charge in [0.15, 0.2) is 5.82 Å². The minimum atomic E-state index is 0.703. The zero-order valence-corrected chi connectivity index (χ0v) is 14.3. The summed E-state index contributed by atoms with van der Waals surface area (Å²) in [5, 5.41) is 12.1. The highest BCUT2D eigenvalue weighted by Gasteiger charge is 2.21. The van der Waals surface area contributed by atoms with Gasteiger partial charge < -0.3 is 4.74 Å². The summed E-state index contributed by atoms with van der Waals surface area (Å²) in [6, 6.07) is 15.4. The molecule has 3 aromatic rings. The predicted octanol–water partition coefficient (Wildman–Crippen LogP) is 4.25. The first-order valence-electron chi connectivity index (χ1n) is 7.25. The van der Waals surface area contributed by atoms with E-state index in [1.165, 1.54) is 11.8 Å². The molecule has 2 heterocycles. The fraction of sp³-hybridized carbons (Fsp3) is 0.0588. The van der Waals surface area contributed by atoms with Crippen LogP contribution >= 0.6 is 23.4 Å². The Morgan fingerprint density at radius 3 is 2.67 bits per heavy atom. The molecule has 5 nitrogen and oxygen atoms in total. The molecule has 0 radical (unpaired) electrons. The van der Waals surface area contributed by atoms with E-state index in [1.54, 1.807) is 7.11 Å². The van der Waals surface area contributed by atoms with Gasteiger partial charge in [-0.1, -0.05) is 47.6 Å². The molecule has 0 saturated carbocycles. The standard InChI is InChI=1S/C17H13ClN4OS/c1-23-15-5-3-2-4-13(15)16-19-20-17-22(16)21-14(10-24-17)11-6-8-12(18)9-7-11/h2-10,21H,1H3. The monoisotopic (exact) mass is 356 g/mol. The lowest BCUT2D eigenvalue weighted by Crippen LogP contribution is -2.18. The number of aromatic nitrogens is 3. The number of halogens is 1. The Morgan fingerprint density at radius 1 is 1.08 bits per heavy atom. The Kier molecular flexibility index (Phi) is 3.92. The van der Waals surface area contributed by atoms with Crippen LogP contribution in [-0.2, 0) is 0 Å². The largest absolute Gasteiger partial charge is 0.496 e. The summed E-state index contributed by atoms with van der Waals surface area (Å²) in [7, 11) is 1.65. The number of nitrogens with zero attached hydrogens (tertiary/aromatic N) is 3. The number of hydrogen-bond acceptors (Lipinski definition) is 5. The van der Waals surface area contributed by atoms with Gasteiger partial charge in [-0.25, -0.2) is 4.68 Å². The van der Waals surface area contributed by atoms with Crippen molar-refractivity contribution in [1.29, 1.82) is 0 Å². The summed E-state index contributed by atoms with van der Waals surface area (Å²) in [6.07, 6.45) is 0. The molecule has 7 heteroatoms. The third-order valence-corrected chi connectivity index (χ3v) is 4.73. The fourth-order valence-electron chi connectivity index (χ4n) is 2.47. The molecule has 0 spiro atoms. The first kappa shape index (κ1) is 15.1. The highest BCUT2D eigenvalue weighted by atomic mass is 35.5. The van der Waals surface area contributed by atoms with Crippen molar-refractivity contribution >= 4 is 29.1 Å². The van der Waals surface area contributed by atoms with E-state index in [1.807, 2.05) is 58.6 Å². The Hall–Kier alpha value is -2.44. The zero-order valence-electron chi connectivity index (χ0n) is 12.7. The second-order valence-electron chi connectivity index (χ2n) is 5.11. The maximum Gasteiger partial charge on any atom is 0.214 e. The predicted molar refractivity (Wildman–Crippen MR) is 96.7 cm³/mol. The molecule has 0 atom stereocenters. The number of para-hydroxylation sites is 1. The molecule has 0 unspecified atom stereocenters. The minimum Gasteiger partial charge on any atom is -0.496 e. The molecule has 1 aliphatic heterocycles. The van der Waals surface area contributed by atoms with E-state index in [2.05, 4.69) is 15.6 Å². The molecule has 0 saturated heterocycles. The topological polar surface area (TPSA) is 52.0 Å². The van der Waals surface area contributed by atoms with E-state index in [-0.39, 0.29) is 0 Å². The third kappa shape index (κ3) is 2.64. The maximum absolute atomic E-state index is 5.97. The van der Waals surface area contributed by atoms with Gasteiger partial charge >= 0.3 is 0 Å². The third-order valence-electron chi connectivity index (χ3n) is 3.65. The van der Waals surface area contributed by atoms with E-state index >= 15 is 0 Å². The first-order chi connectivity index (χ1) is 11.8. The van der Waals surface area contributed by atoms with Crippen molar-refractivity contribution in [3.05, 3.63) is 64.5 Å². The van der Waals surface area contributed by atoms with Crippen molar-refractivity contribution in [1.82, 2.24) is 14.9 Å². The number of hydrogen-bond donors (Lipinski definition) is 1. The van der Waals surface area contributed by atoms with Crippen molar-refractivity contribution in [3.8, 4) is 17.1 Å². The van der Waals surface area contributed by atoms with E-state index in [9.17, 15) is 0 Å². The van der Waals surface area contributed by atoms with E-state index in [0.29, 0.717) is 10.8 Å². The van der Waals surface area contributed by atoms with E-state index in [4.69, 9.17) is 16.3 Å². The first-order valence-corrected chi connectivity index (χ1v) is 8.50. The van der Waals surface area contributed by atoms with Crippen LogP contribution in [-0.4, -0.2) is 22.0 Å². The van der Waals surface area contributed by atoms with Gasteiger partial charge in [0.05, 0.1) is 18.4 Å². The lowest BCUT2D eigenvalue weighted by molar-refractivity contribution is 0.416. The summed E-state index contributed by atoms with van der Waals surface area (Å²) < 4.78 is 7.31. The molecule has 1 aliphatic rings. The smallest absolute Gasteiger partial charge is 0.214 e. The minimum absolute atomic E-state index is 0.703. The fourth-order valence-corrected chi connectivity index (χ4v) is 3.33. The van der Waals surface area contributed by atoms with Gasteiger partial charge in [-0.05, 0) is 24.3 Å². The molecule has 24 heavy (non-hydrogen) atoms. The molecule has 4 rings (SSSR count). The lowest BCUT2D eigenvalue weighted by Gasteiger charge is -2.19. The van der Waals surface area contributed by atoms with Crippen molar-refractivity contribution in [2.75, 3.05) is 12.5 Å². The number of ether oxygens (including phenoxy) is 1. The number of rotatable bonds is 3. The number of benzene rings is 2. The molecule has 0 aliphatic carbocycles.